The first-order valence-electron chi connectivity index (χ1n) is 14.2. The summed E-state index contributed by atoms with van der Waals surface area (Å²) >= 11 is 0. The van der Waals surface area contributed by atoms with Crippen molar-refractivity contribution in [1.82, 2.24) is 0 Å². The Hall–Kier alpha value is -2.59. The van der Waals surface area contributed by atoms with Crippen molar-refractivity contribution in [3.8, 4) is 5.75 Å². The fourth-order valence-corrected chi connectivity index (χ4v) is 5.82. The van der Waals surface area contributed by atoms with Gasteiger partial charge in [0.15, 0.2) is 0 Å². The van der Waals surface area contributed by atoms with Gasteiger partial charge >= 0.3 is 5.97 Å². The molecule has 0 bridgehead atoms. The van der Waals surface area contributed by atoms with E-state index in [9.17, 15) is 9.90 Å². The van der Waals surface area contributed by atoms with Gasteiger partial charge in [0, 0.05) is 11.8 Å². The van der Waals surface area contributed by atoms with Crippen molar-refractivity contribution in [2.24, 2.45) is 0 Å². The molecule has 0 aromatic heterocycles. The smallest absolute Gasteiger partial charge is 0.303 e. The number of aliphatic hydroxyl groups is 1. The van der Waals surface area contributed by atoms with Crippen molar-refractivity contribution in [2.45, 2.75) is 109 Å². The summed E-state index contributed by atoms with van der Waals surface area (Å²) in [6, 6.07) is 13.4. The van der Waals surface area contributed by atoms with Crippen LogP contribution in [0, 0.1) is 13.8 Å². The highest BCUT2D eigenvalue weighted by Gasteiger charge is 2.31. The van der Waals surface area contributed by atoms with Gasteiger partial charge in [0.25, 0.3) is 0 Å². The fourth-order valence-electron chi connectivity index (χ4n) is 5.82. The zero-order valence-electron chi connectivity index (χ0n) is 23.3. The van der Waals surface area contributed by atoms with Gasteiger partial charge in [-0.25, -0.2) is 0 Å². The molecule has 4 nitrogen and oxygen atoms in total. The molecule has 1 saturated carbocycles. The second-order valence-corrected chi connectivity index (χ2v) is 10.9. The molecule has 0 saturated heterocycles. The molecular weight excluding hydrogens is 460 g/mol. The van der Waals surface area contributed by atoms with Gasteiger partial charge in [0.2, 0.25) is 0 Å². The average molecular weight is 507 g/mol. The fraction of sp³-hybridized carbons (Fsp3) is 0.545. The molecule has 2 aromatic rings. The monoisotopic (exact) mass is 506 g/mol. The van der Waals surface area contributed by atoms with Gasteiger partial charge in [-0.15, -0.1) is 0 Å². The van der Waals surface area contributed by atoms with E-state index in [0.29, 0.717) is 13.0 Å². The molecule has 37 heavy (non-hydrogen) atoms. The maximum atomic E-state index is 10.9. The van der Waals surface area contributed by atoms with E-state index >= 15 is 0 Å². The Labute approximate surface area is 223 Å². The first-order chi connectivity index (χ1) is 17.7. The number of hydrogen-bond acceptors (Lipinski definition) is 3. The third-order valence-electron chi connectivity index (χ3n) is 8.34. The molecule has 1 fully saturated rings. The number of rotatable bonds is 13. The van der Waals surface area contributed by atoms with Gasteiger partial charge < -0.3 is 14.9 Å². The predicted octanol–water partition coefficient (Wildman–Crippen LogP) is 8.14. The summed E-state index contributed by atoms with van der Waals surface area (Å²) in [5.74, 6) is 0.169. The van der Waals surface area contributed by atoms with Crippen LogP contribution in [0.3, 0.4) is 0 Å². The van der Waals surface area contributed by atoms with Crippen molar-refractivity contribution < 1.29 is 19.7 Å². The van der Waals surface area contributed by atoms with E-state index in [-0.39, 0.29) is 11.8 Å². The van der Waals surface area contributed by atoms with Gasteiger partial charge in [-0.1, -0.05) is 75.6 Å². The number of carboxylic acid groups (broad SMARTS) is 1. The van der Waals surface area contributed by atoms with E-state index in [2.05, 4.69) is 70.2 Å². The van der Waals surface area contributed by atoms with Crippen LogP contribution in [0.25, 0.3) is 6.08 Å². The molecule has 0 amide bonds. The lowest BCUT2D eigenvalue weighted by Crippen LogP contribution is -2.28. The Morgan fingerprint density at radius 3 is 2.19 bits per heavy atom. The minimum absolute atomic E-state index is 0.0747. The number of hydrogen-bond donors (Lipinski definition) is 2. The van der Waals surface area contributed by atoms with Crippen molar-refractivity contribution in [2.75, 3.05) is 6.61 Å². The second-order valence-electron chi connectivity index (χ2n) is 10.9. The maximum Gasteiger partial charge on any atom is 0.303 e. The van der Waals surface area contributed by atoms with Crippen molar-refractivity contribution in [1.29, 1.82) is 0 Å². The maximum absolute atomic E-state index is 10.9. The molecular formula is C33H46O4. The Balaban J connectivity index is 1.75. The number of carboxylic acids is 1. The van der Waals surface area contributed by atoms with Gasteiger partial charge in [-0.2, -0.15) is 0 Å². The Morgan fingerprint density at radius 2 is 1.59 bits per heavy atom. The lowest BCUT2D eigenvalue weighted by molar-refractivity contribution is -0.137. The van der Waals surface area contributed by atoms with E-state index in [0.717, 1.165) is 62.7 Å². The third kappa shape index (κ3) is 7.47. The zero-order chi connectivity index (χ0) is 26.9. The minimum Gasteiger partial charge on any atom is -0.493 e. The largest absolute Gasteiger partial charge is 0.493 e. The first kappa shape index (κ1) is 29.0. The number of ether oxygens (including phenoxy) is 1. The highest BCUT2D eigenvalue weighted by Crippen LogP contribution is 2.41. The molecule has 0 aliphatic heterocycles. The van der Waals surface area contributed by atoms with E-state index < -0.39 is 11.6 Å². The van der Waals surface area contributed by atoms with Crippen LogP contribution in [0.4, 0.5) is 0 Å². The zero-order valence-corrected chi connectivity index (χ0v) is 23.3. The van der Waals surface area contributed by atoms with E-state index in [1.807, 2.05) is 6.08 Å². The van der Waals surface area contributed by atoms with Gasteiger partial charge in [0.1, 0.15) is 5.75 Å². The SMILES string of the molecule is CCC(CC)(c1ccc(C=CC2(O)CCCCC2)c(C)c1)c1ccc(OCCCCCC(=O)O)c(C)c1. The summed E-state index contributed by atoms with van der Waals surface area (Å²) in [5.41, 5.74) is 5.45. The van der Waals surface area contributed by atoms with Gasteiger partial charge in [0.05, 0.1) is 12.2 Å². The number of aryl methyl sites for hydroxylation is 2. The second kappa shape index (κ2) is 13.3. The molecule has 202 valence electrons. The summed E-state index contributed by atoms with van der Waals surface area (Å²) < 4.78 is 6.03. The normalized spacial score (nSPS) is 15.7. The Kier molecular flexibility index (Phi) is 10.4. The topological polar surface area (TPSA) is 66.8 Å². The predicted molar refractivity (Wildman–Crippen MR) is 152 cm³/mol. The van der Waals surface area contributed by atoms with Crippen molar-refractivity contribution in [3.05, 3.63) is 70.3 Å². The summed E-state index contributed by atoms with van der Waals surface area (Å²) in [6.07, 6.45) is 13.9. The van der Waals surface area contributed by atoms with E-state index in [1.54, 1.807) is 0 Å². The first-order valence-corrected chi connectivity index (χ1v) is 14.2. The molecule has 1 aliphatic carbocycles. The van der Waals surface area contributed by atoms with E-state index in [4.69, 9.17) is 9.84 Å². The van der Waals surface area contributed by atoms with Gasteiger partial charge in [-0.05, 0) is 92.7 Å². The highest BCUT2D eigenvalue weighted by atomic mass is 16.5. The lowest BCUT2D eigenvalue weighted by Gasteiger charge is -2.34. The minimum atomic E-state index is -0.734. The van der Waals surface area contributed by atoms with Crippen LogP contribution in [0.15, 0.2) is 42.5 Å². The quantitative estimate of drug-likeness (QED) is 0.269. The van der Waals surface area contributed by atoms with Crippen molar-refractivity contribution in [3.63, 3.8) is 0 Å². The Bertz CT molecular complexity index is 1060. The molecule has 0 heterocycles. The van der Waals surface area contributed by atoms with Crippen LogP contribution in [0.2, 0.25) is 0 Å². The summed E-state index contributed by atoms with van der Waals surface area (Å²) in [7, 11) is 0. The highest BCUT2D eigenvalue weighted by molar-refractivity contribution is 5.66. The molecule has 0 radical (unpaired) electrons. The molecule has 2 N–H and O–H groups in total. The Morgan fingerprint density at radius 1 is 0.946 bits per heavy atom. The molecule has 4 heteroatoms. The van der Waals surface area contributed by atoms with Crippen molar-refractivity contribution >= 4 is 12.0 Å². The number of unbranched alkanes of at least 4 members (excludes halogenated alkanes) is 2. The molecule has 0 spiro atoms. The van der Waals surface area contributed by atoms with Crippen LogP contribution < -0.4 is 4.74 Å². The average Bonchev–Trinajstić information content (AvgIpc) is 2.88. The van der Waals surface area contributed by atoms with Crippen LogP contribution in [0.1, 0.15) is 112 Å². The van der Waals surface area contributed by atoms with Crippen LogP contribution in [-0.4, -0.2) is 28.4 Å². The number of benzene rings is 2. The molecule has 0 unspecified atom stereocenters. The standard InChI is InChI=1S/C33H46O4/c1-5-33(6-2,29-16-17-30(26(4)24-29)37-22-12-7-9-13-31(34)35)28-15-14-27(25(3)23-28)18-21-32(36)19-10-8-11-20-32/h14-18,21,23-24,36H,5-13,19-20,22H2,1-4H3,(H,34,35). The number of aliphatic carboxylic acids is 1. The summed E-state index contributed by atoms with van der Waals surface area (Å²) in [5, 5.41) is 19.6. The lowest BCUT2D eigenvalue weighted by atomic mass is 9.70. The van der Waals surface area contributed by atoms with Crippen LogP contribution in [-0.2, 0) is 10.2 Å². The molecule has 3 rings (SSSR count). The number of carbonyl (C=O) groups is 1. The summed E-state index contributed by atoms with van der Waals surface area (Å²) in [6.45, 7) is 9.41. The molecule has 2 aromatic carbocycles. The van der Waals surface area contributed by atoms with E-state index in [1.165, 1.54) is 28.7 Å². The molecule has 0 atom stereocenters. The third-order valence-corrected chi connectivity index (χ3v) is 8.34. The summed E-state index contributed by atoms with van der Waals surface area (Å²) in [4.78, 5) is 10.7. The molecule has 1 aliphatic rings. The van der Waals surface area contributed by atoms with Gasteiger partial charge in [-0.3, -0.25) is 4.79 Å². The van der Waals surface area contributed by atoms with Crippen LogP contribution in [0.5, 0.6) is 5.75 Å². The van der Waals surface area contributed by atoms with Crippen LogP contribution >= 0.6 is 0 Å².